The van der Waals surface area contributed by atoms with Gasteiger partial charge in [-0.15, -0.1) is 0 Å². The molecule has 0 atom stereocenters. The molecule has 0 spiro atoms. The number of nitrogens with zero attached hydrogens (tertiary/aromatic N) is 1. The van der Waals surface area contributed by atoms with Crippen LogP contribution >= 0.6 is 15.9 Å². The molecule has 18 heavy (non-hydrogen) atoms. The summed E-state index contributed by atoms with van der Waals surface area (Å²) in [5, 5.41) is 2.71. The maximum absolute atomic E-state index is 11.9. The van der Waals surface area contributed by atoms with Gasteiger partial charge in [0.1, 0.15) is 11.6 Å². The van der Waals surface area contributed by atoms with Gasteiger partial charge in [-0.3, -0.25) is 4.79 Å². The molecule has 0 aliphatic carbocycles. The van der Waals surface area contributed by atoms with Gasteiger partial charge in [0.25, 0.3) is 5.91 Å². The van der Waals surface area contributed by atoms with Gasteiger partial charge in [0, 0.05) is 16.2 Å². The van der Waals surface area contributed by atoms with Crippen molar-refractivity contribution in [1.29, 1.82) is 0 Å². The van der Waals surface area contributed by atoms with Crippen molar-refractivity contribution in [2.24, 2.45) is 0 Å². The van der Waals surface area contributed by atoms with Gasteiger partial charge in [0.05, 0.1) is 7.11 Å². The van der Waals surface area contributed by atoms with Crippen LogP contribution in [0.2, 0.25) is 0 Å². The molecule has 0 saturated heterocycles. The molecule has 1 heterocycles. The Morgan fingerprint density at radius 1 is 1.33 bits per heavy atom. The van der Waals surface area contributed by atoms with Gasteiger partial charge in [-0.25, -0.2) is 4.98 Å². The van der Waals surface area contributed by atoms with Crippen molar-refractivity contribution in [3.05, 3.63) is 52.6 Å². The normalized spacial score (nSPS) is 9.89. The number of pyridine rings is 1. The number of ether oxygens (including phenoxy) is 1. The third-order valence-corrected chi connectivity index (χ3v) is 2.77. The van der Waals surface area contributed by atoms with Crippen molar-refractivity contribution in [3.63, 3.8) is 0 Å². The maximum Gasteiger partial charge on any atom is 0.256 e. The minimum Gasteiger partial charge on any atom is -0.497 e. The summed E-state index contributed by atoms with van der Waals surface area (Å²) in [7, 11) is 1.56. The molecule has 1 N–H and O–H groups in total. The third kappa shape index (κ3) is 3.07. The lowest BCUT2D eigenvalue weighted by atomic mass is 10.2. The summed E-state index contributed by atoms with van der Waals surface area (Å²) in [6, 6.07) is 10.5. The fourth-order valence-corrected chi connectivity index (χ4v) is 1.64. The highest BCUT2D eigenvalue weighted by Crippen LogP contribution is 2.15. The molecule has 4 nitrogen and oxygen atoms in total. The Bertz CT molecular complexity index is 555. The standard InChI is InChI=1S/C13H11BrN2O2/c1-18-11-4-2-3-9(7-11)13(17)16-12-6-5-10(14)8-15-12/h2-8H,1H3,(H,15,16,17). The molecule has 0 bridgehead atoms. The van der Waals surface area contributed by atoms with Crippen LogP contribution in [0.15, 0.2) is 47.1 Å². The van der Waals surface area contributed by atoms with E-state index >= 15 is 0 Å². The highest BCUT2D eigenvalue weighted by atomic mass is 79.9. The van der Waals surface area contributed by atoms with Crippen LogP contribution < -0.4 is 10.1 Å². The number of methoxy groups -OCH3 is 1. The first-order valence-electron chi connectivity index (χ1n) is 5.26. The van der Waals surface area contributed by atoms with Crippen molar-refractivity contribution >= 4 is 27.7 Å². The van der Waals surface area contributed by atoms with E-state index in [4.69, 9.17) is 4.74 Å². The smallest absolute Gasteiger partial charge is 0.256 e. The van der Waals surface area contributed by atoms with Crippen LogP contribution in [0.4, 0.5) is 5.82 Å². The minimum absolute atomic E-state index is 0.219. The Labute approximate surface area is 113 Å². The van der Waals surface area contributed by atoms with Crippen LogP contribution in [0.3, 0.4) is 0 Å². The predicted molar refractivity (Wildman–Crippen MR) is 72.9 cm³/mol. The van der Waals surface area contributed by atoms with Gasteiger partial charge >= 0.3 is 0 Å². The molecule has 0 aliphatic rings. The van der Waals surface area contributed by atoms with E-state index in [1.807, 2.05) is 6.07 Å². The fourth-order valence-electron chi connectivity index (χ4n) is 1.40. The average molecular weight is 307 g/mol. The van der Waals surface area contributed by atoms with E-state index in [0.29, 0.717) is 17.1 Å². The largest absolute Gasteiger partial charge is 0.497 e. The van der Waals surface area contributed by atoms with Crippen LogP contribution in [-0.4, -0.2) is 18.0 Å². The number of carbonyl (C=O) groups is 1. The van der Waals surface area contributed by atoms with Gasteiger partial charge in [-0.1, -0.05) is 6.07 Å². The second-order valence-corrected chi connectivity index (χ2v) is 4.46. The van der Waals surface area contributed by atoms with Gasteiger partial charge in [0.15, 0.2) is 0 Å². The predicted octanol–water partition coefficient (Wildman–Crippen LogP) is 3.11. The number of halogens is 1. The Morgan fingerprint density at radius 2 is 2.17 bits per heavy atom. The SMILES string of the molecule is COc1cccc(C(=O)Nc2ccc(Br)cn2)c1. The third-order valence-electron chi connectivity index (χ3n) is 2.30. The Kier molecular flexibility index (Phi) is 3.94. The highest BCUT2D eigenvalue weighted by Gasteiger charge is 2.07. The number of amides is 1. The lowest BCUT2D eigenvalue weighted by Crippen LogP contribution is -2.12. The number of aromatic nitrogens is 1. The monoisotopic (exact) mass is 306 g/mol. The number of benzene rings is 1. The van der Waals surface area contributed by atoms with Crippen LogP contribution in [-0.2, 0) is 0 Å². The molecule has 0 aliphatic heterocycles. The van der Waals surface area contributed by atoms with Crippen LogP contribution in [0.5, 0.6) is 5.75 Å². The molecule has 1 aromatic carbocycles. The van der Waals surface area contributed by atoms with E-state index in [9.17, 15) is 4.79 Å². The van der Waals surface area contributed by atoms with Gasteiger partial charge in [-0.05, 0) is 46.3 Å². The van der Waals surface area contributed by atoms with Crippen LogP contribution in [0.25, 0.3) is 0 Å². The highest BCUT2D eigenvalue weighted by molar-refractivity contribution is 9.10. The number of carbonyl (C=O) groups excluding carboxylic acids is 1. The lowest BCUT2D eigenvalue weighted by Gasteiger charge is -2.05. The number of rotatable bonds is 3. The Hall–Kier alpha value is -1.88. The van der Waals surface area contributed by atoms with Crippen molar-refractivity contribution in [3.8, 4) is 5.75 Å². The van der Waals surface area contributed by atoms with Gasteiger partial charge < -0.3 is 10.1 Å². The molecule has 0 radical (unpaired) electrons. The number of nitrogens with one attached hydrogen (secondary N) is 1. The van der Waals surface area contributed by atoms with E-state index < -0.39 is 0 Å². The minimum atomic E-state index is -0.219. The lowest BCUT2D eigenvalue weighted by molar-refractivity contribution is 0.102. The molecule has 1 aromatic heterocycles. The topological polar surface area (TPSA) is 51.2 Å². The molecule has 0 saturated carbocycles. The summed E-state index contributed by atoms with van der Waals surface area (Å²) in [5.74, 6) is 0.932. The second kappa shape index (κ2) is 5.64. The zero-order valence-electron chi connectivity index (χ0n) is 9.68. The van der Waals surface area contributed by atoms with E-state index in [0.717, 1.165) is 4.47 Å². The number of anilines is 1. The summed E-state index contributed by atoms with van der Waals surface area (Å²) in [4.78, 5) is 16.0. The summed E-state index contributed by atoms with van der Waals surface area (Å²) < 4.78 is 5.93. The zero-order chi connectivity index (χ0) is 13.0. The van der Waals surface area contributed by atoms with Crippen molar-refractivity contribution in [2.75, 3.05) is 12.4 Å². The van der Waals surface area contributed by atoms with Crippen molar-refractivity contribution in [2.45, 2.75) is 0 Å². The van der Waals surface area contributed by atoms with Gasteiger partial charge in [-0.2, -0.15) is 0 Å². The fraction of sp³-hybridized carbons (Fsp3) is 0.0769. The Balaban J connectivity index is 2.14. The van der Waals surface area contributed by atoms with Gasteiger partial charge in [0.2, 0.25) is 0 Å². The number of hydrogen-bond donors (Lipinski definition) is 1. The molecule has 2 aromatic rings. The zero-order valence-corrected chi connectivity index (χ0v) is 11.3. The van der Waals surface area contributed by atoms with Crippen molar-refractivity contribution in [1.82, 2.24) is 4.98 Å². The molecule has 1 amide bonds. The van der Waals surface area contributed by atoms with Crippen LogP contribution in [0.1, 0.15) is 10.4 Å². The first-order chi connectivity index (χ1) is 8.69. The first kappa shape index (κ1) is 12.6. The quantitative estimate of drug-likeness (QED) is 0.948. The molecule has 0 unspecified atom stereocenters. The summed E-state index contributed by atoms with van der Waals surface area (Å²) in [6.07, 6.45) is 1.63. The van der Waals surface area contributed by atoms with E-state index in [1.165, 1.54) is 0 Å². The molecular formula is C13H11BrN2O2. The summed E-state index contributed by atoms with van der Waals surface area (Å²) in [5.41, 5.74) is 0.527. The summed E-state index contributed by atoms with van der Waals surface area (Å²) >= 11 is 3.28. The second-order valence-electron chi connectivity index (χ2n) is 3.55. The molecule has 0 fully saturated rings. The molecular weight excluding hydrogens is 296 g/mol. The molecule has 92 valence electrons. The average Bonchev–Trinajstić information content (AvgIpc) is 2.41. The molecule has 5 heteroatoms. The Morgan fingerprint density at radius 3 is 2.83 bits per heavy atom. The van der Waals surface area contributed by atoms with E-state index in [2.05, 4.69) is 26.2 Å². The van der Waals surface area contributed by atoms with E-state index in [1.54, 1.807) is 43.6 Å². The van der Waals surface area contributed by atoms with Crippen LogP contribution in [0, 0.1) is 0 Å². The molecule has 2 rings (SSSR count). The van der Waals surface area contributed by atoms with Crippen molar-refractivity contribution < 1.29 is 9.53 Å². The number of hydrogen-bond acceptors (Lipinski definition) is 3. The summed E-state index contributed by atoms with van der Waals surface area (Å²) in [6.45, 7) is 0. The first-order valence-corrected chi connectivity index (χ1v) is 6.05. The maximum atomic E-state index is 11.9. The van der Waals surface area contributed by atoms with E-state index in [-0.39, 0.29) is 5.91 Å².